The summed E-state index contributed by atoms with van der Waals surface area (Å²) in [5, 5.41) is 10.8. The average Bonchev–Trinajstić information content (AvgIpc) is 2.98. The molecule has 0 fully saturated rings. The Bertz CT molecular complexity index is 770. The van der Waals surface area contributed by atoms with Crippen molar-refractivity contribution in [2.24, 2.45) is 0 Å². The second-order valence-corrected chi connectivity index (χ2v) is 5.79. The van der Waals surface area contributed by atoms with Gasteiger partial charge in [-0.1, -0.05) is 35.9 Å². The number of nitrogens with zero attached hydrogens (tertiary/aromatic N) is 1. The second-order valence-electron chi connectivity index (χ2n) is 5.79. The monoisotopic (exact) mass is 291 g/mol. The molecule has 0 aliphatic rings. The van der Waals surface area contributed by atoms with E-state index in [4.69, 9.17) is 0 Å². The van der Waals surface area contributed by atoms with Gasteiger partial charge < -0.3 is 5.32 Å². The fourth-order valence-electron chi connectivity index (χ4n) is 2.46. The smallest absolute Gasteiger partial charge is 0.0700 e. The standard InChI is InChI=1S/C19H21N3/c1-13-4-7-16(8-5-13)19-17(12-21-22-19)11-20-18-9-6-14(2)15(3)10-18/h4-10,12,20H,11H2,1-3H3,(H,21,22). The minimum absolute atomic E-state index is 0.752. The highest BCUT2D eigenvalue weighted by molar-refractivity contribution is 5.63. The maximum atomic E-state index is 4.20. The summed E-state index contributed by atoms with van der Waals surface area (Å²) in [6.45, 7) is 7.11. The molecule has 3 rings (SSSR count). The zero-order chi connectivity index (χ0) is 15.5. The molecule has 0 aliphatic carbocycles. The fourth-order valence-corrected chi connectivity index (χ4v) is 2.46. The van der Waals surface area contributed by atoms with E-state index < -0.39 is 0 Å². The molecule has 0 saturated carbocycles. The van der Waals surface area contributed by atoms with Gasteiger partial charge in [-0.15, -0.1) is 0 Å². The van der Waals surface area contributed by atoms with Gasteiger partial charge in [0, 0.05) is 17.8 Å². The van der Waals surface area contributed by atoms with Crippen molar-refractivity contribution in [3.8, 4) is 11.3 Å². The summed E-state index contributed by atoms with van der Waals surface area (Å²) in [6.07, 6.45) is 1.89. The maximum absolute atomic E-state index is 4.20. The van der Waals surface area contributed by atoms with Gasteiger partial charge in [0.1, 0.15) is 0 Å². The van der Waals surface area contributed by atoms with Crippen LogP contribution in [0.15, 0.2) is 48.7 Å². The van der Waals surface area contributed by atoms with Crippen molar-refractivity contribution in [3.63, 3.8) is 0 Å². The van der Waals surface area contributed by atoms with Crippen LogP contribution in [0.4, 0.5) is 5.69 Å². The number of aromatic nitrogens is 2. The number of hydrogen-bond donors (Lipinski definition) is 2. The van der Waals surface area contributed by atoms with Crippen molar-refractivity contribution >= 4 is 5.69 Å². The summed E-state index contributed by atoms with van der Waals surface area (Å²) in [4.78, 5) is 0. The van der Waals surface area contributed by atoms with Crippen molar-refractivity contribution in [3.05, 3.63) is 70.9 Å². The van der Waals surface area contributed by atoms with Crippen molar-refractivity contribution in [2.75, 3.05) is 5.32 Å². The van der Waals surface area contributed by atoms with E-state index in [-0.39, 0.29) is 0 Å². The Balaban J connectivity index is 1.77. The van der Waals surface area contributed by atoms with Gasteiger partial charge in [0.15, 0.2) is 0 Å². The molecular weight excluding hydrogens is 270 g/mol. The van der Waals surface area contributed by atoms with Gasteiger partial charge in [-0.25, -0.2) is 0 Å². The molecule has 2 N–H and O–H groups in total. The molecule has 3 heteroatoms. The van der Waals surface area contributed by atoms with E-state index in [1.807, 2.05) is 6.20 Å². The number of aryl methyl sites for hydroxylation is 3. The maximum Gasteiger partial charge on any atom is 0.0700 e. The molecule has 0 amide bonds. The molecule has 3 nitrogen and oxygen atoms in total. The number of rotatable bonds is 4. The third kappa shape index (κ3) is 3.03. The Morgan fingerprint density at radius 2 is 1.73 bits per heavy atom. The van der Waals surface area contributed by atoms with Gasteiger partial charge in [-0.2, -0.15) is 5.10 Å². The summed E-state index contributed by atoms with van der Waals surface area (Å²) in [6, 6.07) is 14.9. The molecule has 1 heterocycles. The first kappa shape index (κ1) is 14.4. The molecule has 0 atom stereocenters. The number of anilines is 1. The largest absolute Gasteiger partial charge is 0.381 e. The lowest BCUT2D eigenvalue weighted by molar-refractivity contribution is 1.09. The van der Waals surface area contributed by atoms with Gasteiger partial charge in [-0.3, -0.25) is 5.10 Å². The Labute approximate surface area is 131 Å². The minimum Gasteiger partial charge on any atom is -0.381 e. The number of H-pyrrole nitrogens is 1. The van der Waals surface area contributed by atoms with Gasteiger partial charge in [-0.05, 0) is 49.6 Å². The highest BCUT2D eigenvalue weighted by atomic mass is 15.1. The van der Waals surface area contributed by atoms with Crippen molar-refractivity contribution in [2.45, 2.75) is 27.3 Å². The van der Waals surface area contributed by atoms with Crippen LogP contribution in [0.1, 0.15) is 22.3 Å². The first-order chi connectivity index (χ1) is 10.6. The van der Waals surface area contributed by atoms with E-state index in [1.54, 1.807) is 0 Å². The summed E-state index contributed by atoms with van der Waals surface area (Å²) in [5.41, 5.74) is 8.43. The molecule has 0 aliphatic heterocycles. The van der Waals surface area contributed by atoms with Crippen molar-refractivity contribution in [1.29, 1.82) is 0 Å². The summed E-state index contributed by atoms with van der Waals surface area (Å²) >= 11 is 0. The normalized spacial score (nSPS) is 10.7. The van der Waals surface area contributed by atoms with E-state index in [0.29, 0.717) is 0 Å². The van der Waals surface area contributed by atoms with Crippen LogP contribution in [-0.2, 0) is 6.54 Å². The first-order valence-corrected chi connectivity index (χ1v) is 7.54. The first-order valence-electron chi connectivity index (χ1n) is 7.54. The number of nitrogens with one attached hydrogen (secondary N) is 2. The van der Waals surface area contributed by atoms with Crippen molar-refractivity contribution < 1.29 is 0 Å². The number of benzene rings is 2. The van der Waals surface area contributed by atoms with E-state index in [9.17, 15) is 0 Å². The van der Waals surface area contributed by atoms with Crippen LogP contribution in [0.5, 0.6) is 0 Å². The molecule has 2 aromatic carbocycles. The SMILES string of the molecule is Cc1ccc(-c2[nH]ncc2CNc2ccc(C)c(C)c2)cc1. The number of hydrogen-bond acceptors (Lipinski definition) is 2. The molecule has 0 bridgehead atoms. The van der Waals surface area contributed by atoms with Gasteiger partial charge in [0.25, 0.3) is 0 Å². The van der Waals surface area contributed by atoms with Gasteiger partial charge in [0.2, 0.25) is 0 Å². The lowest BCUT2D eigenvalue weighted by Crippen LogP contribution is -2.00. The fraction of sp³-hybridized carbons (Fsp3) is 0.211. The molecule has 0 unspecified atom stereocenters. The zero-order valence-corrected chi connectivity index (χ0v) is 13.3. The van der Waals surface area contributed by atoms with Crippen LogP contribution >= 0.6 is 0 Å². The Kier molecular flexibility index (Phi) is 3.96. The predicted octanol–water partition coefficient (Wildman–Crippen LogP) is 4.61. The Morgan fingerprint density at radius 1 is 0.955 bits per heavy atom. The van der Waals surface area contributed by atoms with Crippen LogP contribution in [0, 0.1) is 20.8 Å². The second kappa shape index (κ2) is 6.06. The summed E-state index contributed by atoms with van der Waals surface area (Å²) in [5.74, 6) is 0. The van der Waals surface area contributed by atoms with Crippen LogP contribution < -0.4 is 5.32 Å². The third-order valence-electron chi connectivity index (χ3n) is 4.05. The van der Waals surface area contributed by atoms with Gasteiger partial charge in [0.05, 0.1) is 11.9 Å². The molecule has 0 radical (unpaired) electrons. The average molecular weight is 291 g/mol. The number of aromatic amines is 1. The van der Waals surface area contributed by atoms with Gasteiger partial charge >= 0.3 is 0 Å². The third-order valence-corrected chi connectivity index (χ3v) is 4.05. The van der Waals surface area contributed by atoms with Crippen molar-refractivity contribution in [1.82, 2.24) is 10.2 Å². The summed E-state index contributed by atoms with van der Waals surface area (Å²) < 4.78 is 0. The molecule has 1 aromatic heterocycles. The van der Waals surface area contributed by atoms with E-state index in [2.05, 4.69) is 78.7 Å². The molecule has 3 aromatic rings. The Morgan fingerprint density at radius 3 is 2.45 bits per heavy atom. The molecule has 22 heavy (non-hydrogen) atoms. The zero-order valence-electron chi connectivity index (χ0n) is 13.3. The van der Waals surface area contributed by atoms with E-state index >= 15 is 0 Å². The highest BCUT2D eigenvalue weighted by Crippen LogP contribution is 2.23. The summed E-state index contributed by atoms with van der Waals surface area (Å²) in [7, 11) is 0. The highest BCUT2D eigenvalue weighted by Gasteiger charge is 2.07. The quantitative estimate of drug-likeness (QED) is 0.736. The molecule has 0 saturated heterocycles. The van der Waals surface area contributed by atoms with E-state index in [0.717, 1.165) is 17.9 Å². The lowest BCUT2D eigenvalue weighted by atomic mass is 10.1. The lowest BCUT2D eigenvalue weighted by Gasteiger charge is -2.09. The minimum atomic E-state index is 0.752. The Hall–Kier alpha value is -2.55. The predicted molar refractivity (Wildman–Crippen MR) is 92.0 cm³/mol. The topological polar surface area (TPSA) is 40.7 Å². The van der Waals surface area contributed by atoms with Crippen LogP contribution in [-0.4, -0.2) is 10.2 Å². The van der Waals surface area contributed by atoms with E-state index in [1.165, 1.54) is 27.8 Å². The van der Waals surface area contributed by atoms with Crippen LogP contribution in [0.25, 0.3) is 11.3 Å². The molecular formula is C19H21N3. The van der Waals surface area contributed by atoms with Crippen LogP contribution in [0.2, 0.25) is 0 Å². The van der Waals surface area contributed by atoms with Crippen LogP contribution in [0.3, 0.4) is 0 Å². The molecule has 112 valence electrons. The molecule has 0 spiro atoms.